The number of carbonyl (C=O) groups is 2. The Kier molecular flexibility index (Phi) is 8.32. The van der Waals surface area contributed by atoms with Gasteiger partial charge in [0.1, 0.15) is 5.82 Å². The molecule has 1 aliphatic rings. The second kappa shape index (κ2) is 9.73. The molecule has 1 aromatic rings. The van der Waals surface area contributed by atoms with E-state index in [2.05, 4.69) is 10.3 Å². The standard InChI is InChI=1S/C18H28N4O2.ClH/c1-4-13(3)16(19)18(24)22-9-5-6-14(11-22)17(23)21-15-8-7-12(2)10-20-15;/h7-8,10,13-14,16H,4-6,9,11,19H2,1-3H3,(H,20,21,23);1H. The zero-order valence-corrected chi connectivity index (χ0v) is 16.0. The van der Waals surface area contributed by atoms with Gasteiger partial charge in [-0.15, -0.1) is 12.4 Å². The highest BCUT2D eigenvalue weighted by Crippen LogP contribution is 2.20. The van der Waals surface area contributed by atoms with Crippen LogP contribution in [0.3, 0.4) is 0 Å². The number of likely N-dealkylation sites (tertiary alicyclic amines) is 1. The number of aromatic nitrogens is 1. The van der Waals surface area contributed by atoms with Gasteiger partial charge in [-0.05, 0) is 37.3 Å². The van der Waals surface area contributed by atoms with Crippen LogP contribution in [0, 0.1) is 18.8 Å². The molecule has 0 bridgehead atoms. The molecule has 1 aromatic heterocycles. The number of piperidine rings is 1. The molecule has 7 heteroatoms. The van der Waals surface area contributed by atoms with Crippen LogP contribution in [0.1, 0.15) is 38.7 Å². The Morgan fingerprint density at radius 3 is 2.76 bits per heavy atom. The monoisotopic (exact) mass is 368 g/mol. The maximum absolute atomic E-state index is 12.5. The van der Waals surface area contributed by atoms with Gasteiger partial charge >= 0.3 is 0 Å². The first-order valence-corrected chi connectivity index (χ1v) is 8.70. The Hall–Kier alpha value is -1.66. The second-order valence-corrected chi connectivity index (χ2v) is 6.74. The normalized spacial score (nSPS) is 19.5. The van der Waals surface area contributed by atoms with Crippen molar-refractivity contribution in [3.63, 3.8) is 0 Å². The lowest BCUT2D eigenvalue weighted by atomic mass is 9.94. The zero-order chi connectivity index (χ0) is 17.7. The van der Waals surface area contributed by atoms with Gasteiger partial charge in [-0.1, -0.05) is 26.3 Å². The van der Waals surface area contributed by atoms with Gasteiger partial charge in [0.15, 0.2) is 0 Å². The van der Waals surface area contributed by atoms with Crippen LogP contribution in [0.15, 0.2) is 18.3 Å². The van der Waals surface area contributed by atoms with Crippen molar-refractivity contribution in [3.8, 4) is 0 Å². The van der Waals surface area contributed by atoms with Crippen molar-refractivity contribution < 1.29 is 9.59 Å². The van der Waals surface area contributed by atoms with Gasteiger partial charge in [0.05, 0.1) is 12.0 Å². The van der Waals surface area contributed by atoms with Crippen molar-refractivity contribution in [2.24, 2.45) is 17.6 Å². The molecule has 6 nitrogen and oxygen atoms in total. The second-order valence-electron chi connectivity index (χ2n) is 6.74. The summed E-state index contributed by atoms with van der Waals surface area (Å²) in [5, 5.41) is 2.84. The molecule has 3 N–H and O–H groups in total. The van der Waals surface area contributed by atoms with E-state index < -0.39 is 6.04 Å². The number of hydrogen-bond acceptors (Lipinski definition) is 4. The number of carbonyl (C=O) groups excluding carboxylic acids is 2. The first kappa shape index (κ1) is 21.4. The highest BCUT2D eigenvalue weighted by molar-refractivity contribution is 5.92. The van der Waals surface area contributed by atoms with Gasteiger partial charge in [0, 0.05) is 19.3 Å². The fourth-order valence-corrected chi connectivity index (χ4v) is 2.87. The Morgan fingerprint density at radius 1 is 1.44 bits per heavy atom. The van der Waals surface area contributed by atoms with Crippen molar-refractivity contribution in [1.82, 2.24) is 9.88 Å². The van der Waals surface area contributed by atoms with E-state index >= 15 is 0 Å². The van der Waals surface area contributed by atoms with Crippen LogP contribution < -0.4 is 11.1 Å². The van der Waals surface area contributed by atoms with Crippen molar-refractivity contribution in [1.29, 1.82) is 0 Å². The van der Waals surface area contributed by atoms with Crippen molar-refractivity contribution in [3.05, 3.63) is 23.9 Å². The Morgan fingerprint density at radius 2 is 2.16 bits per heavy atom. The largest absolute Gasteiger partial charge is 0.341 e. The molecule has 0 aliphatic carbocycles. The van der Waals surface area contributed by atoms with E-state index in [4.69, 9.17) is 5.73 Å². The molecule has 140 valence electrons. The van der Waals surface area contributed by atoms with Crippen molar-refractivity contribution >= 4 is 30.0 Å². The van der Waals surface area contributed by atoms with E-state index in [-0.39, 0.29) is 36.1 Å². The fraction of sp³-hybridized carbons (Fsp3) is 0.611. The lowest BCUT2D eigenvalue weighted by Gasteiger charge is -2.34. The summed E-state index contributed by atoms with van der Waals surface area (Å²) in [7, 11) is 0. The van der Waals surface area contributed by atoms with Gasteiger partial charge in [0.25, 0.3) is 0 Å². The van der Waals surface area contributed by atoms with E-state index in [0.29, 0.717) is 18.9 Å². The Bertz CT molecular complexity index is 579. The van der Waals surface area contributed by atoms with Crippen molar-refractivity contribution in [2.75, 3.05) is 18.4 Å². The third-order valence-corrected chi connectivity index (χ3v) is 4.81. The van der Waals surface area contributed by atoms with Crippen LogP contribution in [0.2, 0.25) is 0 Å². The van der Waals surface area contributed by atoms with Crippen LogP contribution in [-0.2, 0) is 9.59 Å². The summed E-state index contributed by atoms with van der Waals surface area (Å²) in [6.45, 7) is 7.07. The minimum absolute atomic E-state index is 0. The van der Waals surface area contributed by atoms with Crippen LogP contribution in [-0.4, -0.2) is 40.8 Å². The molecule has 1 saturated heterocycles. The topological polar surface area (TPSA) is 88.3 Å². The quantitative estimate of drug-likeness (QED) is 0.835. The number of pyridine rings is 1. The Labute approximate surface area is 156 Å². The molecular weight excluding hydrogens is 340 g/mol. The SMILES string of the molecule is CCC(C)C(N)C(=O)N1CCCC(C(=O)Nc2ccc(C)cn2)C1.Cl. The van der Waals surface area contributed by atoms with Gasteiger partial charge in [-0.3, -0.25) is 9.59 Å². The third-order valence-electron chi connectivity index (χ3n) is 4.81. The van der Waals surface area contributed by atoms with Gasteiger partial charge < -0.3 is 16.0 Å². The molecule has 3 unspecified atom stereocenters. The molecule has 0 saturated carbocycles. The summed E-state index contributed by atoms with van der Waals surface area (Å²) in [5.74, 6) is 0.347. The average Bonchev–Trinajstić information content (AvgIpc) is 2.61. The number of nitrogens with two attached hydrogens (primary N) is 1. The van der Waals surface area contributed by atoms with E-state index in [1.54, 1.807) is 17.2 Å². The molecule has 0 aromatic carbocycles. The van der Waals surface area contributed by atoms with Crippen LogP contribution in [0.5, 0.6) is 0 Å². The summed E-state index contributed by atoms with van der Waals surface area (Å²) < 4.78 is 0. The van der Waals surface area contributed by atoms with Crippen LogP contribution >= 0.6 is 12.4 Å². The molecule has 25 heavy (non-hydrogen) atoms. The summed E-state index contributed by atoms with van der Waals surface area (Å²) in [5.41, 5.74) is 7.10. The van der Waals surface area contributed by atoms with E-state index in [0.717, 1.165) is 24.8 Å². The van der Waals surface area contributed by atoms with Gasteiger partial charge in [-0.25, -0.2) is 4.98 Å². The van der Waals surface area contributed by atoms with E-state index in [1.807, 2.05) is 26.8 Å². The number of hydrogen-bond donors (Lipinski definition) is 2. The van der Waals surface area contributed by atoms with Crippen LogP contribution in [0.4, 0.5) is 5.82 Å². The van der Waals surface area contributed by atoms with E-state index in [9.17, 15) is 9.59 Å². The molecular formula is C18H29ClN4O2. The fourth-order valence-electron chi connectivity index (χ4n) is 2.87. The maximum atomic E-state index is 12.5. The molecule has 0 spiro atoms. The molecule has 1 fully saturated rings. The first-order valence-electron chi connectivity index (χ1n) is 8.70. The average molecular weight is 369 g/mol. The minimum atomic E-state index is -0.490. The molecule has 2 rings (SSSR count). The highest BCUT2D eigenvalue weighted by atomic mass is 35.5. The predicted octanol–water partition coefficient (Wildman–Crippen LogP) is 2.36. The minimum Gasteiger partial charge on any atom is -0.341 e. The summed E-state index contributed by atoms with van der Waals surface area (Å²) in [6.07, 6.45) is 4.18. The number of rotatable bonds is 5. The van der Waals surface area contributed by atoms with Crippen LogP contribution in [0.25, 0.3) is 0 Å². The molecule has 0 radical (unpaired) electrons. The number of nitrogens with zero attached hydrogens (tertiary/aromatic N) is 2. The number of nitrogens with one attached hydrogen (secondary N) is 1. The smallest absolute Gasteiger partial charge is 0.239 e. The lowest BCUT2D eigenvalue weighted by molar-refractivity contribution is -0.136. The maximum Gasteiger partial charge on any atom is 0.239 e. The summed E-state index contributed by atoms with van der Waals surface area (Å²) >= 11 is 0. The van der Waals surface area contributed by atoms with Crippen molar-refractivity contribution in [2.45, 2.75) is 46.1 Å². The van der Waals surface area contributed by atoms with Gasteiger partial charge in [-0.2, -0.15) is 0 Å². The number of aryl methyl sites for hydroxylation is 1. The zero-order valence-electron chi connectivity index (χ0n) is 15.2. The molecule has 3 atom stereocenters. The third kappa shape index (κ3) is 5.68. The number of anilines is 1. The highest BCUT2D eigenvalue weighted by Gasteiger charge is 2.32. The molecule has 2 amide bonds. The van der Waals surface area contributed by atoms with Gasteiger partial charge in [0.2, 0.25) is 11.8 Å². The molecule has 1 aliphatic heterocycles. The number of amides is 2. The van der Waals surface area contributed by atoms with E-state index in [1.165, 1.54) is 0 Å². The predicted molar refractivity (Wildman–Crippen MR) is 102 cm³/mol. The Balaban J connectivity index is 0.00000312. The first-order chi connectivity index (χ1) is 11.4. The summed E-state index contributed by atoms with van der Waals surface area (Å²) in [4.78, 5) is 30.9. The number of halogens is 1. The molecule has 2 heterocycles. The summed E-state index contributed by atoms with van der Waals surface area (Å²) in [6, 6.07) is 3.21. The lowest BCUT2D eigenvalue weighted by Crippen LogP contribution is -2.51.